The van der Waals surface area contributed by atoms with Crippen LogP contribution in [-0.4, -0.2) is 42.1 Å². The van der Waals surface area contributed by atoms with Gasteiger partial charge in [0.25, 0.3) is 5.69 Å². The number of non-ortho nitro benzene ring substituents is 1. The fourth-order valence-corrected chi connectivity index (χ4v) is 4.23. The quantitative estimate of drug-likeness (QED) is 0.645. The highest BCUT2D eigenvalue weighted by Crippen LogP contribution is 2.44. The van der Waals surface area contributed by atoms with Crippen LogP contribution in [0.5, 0.6) is 11.5 Å². The second-order valence-corrected chi connectivity index (χ2v) is 7.22. The van der Waals surface area contributed by atoms with E-state index in [1.165, 1.54) is 12.1 Å². The summed E-state index contributed by atoms with van der Waals surface area (Å²) in [7, 11) is 3.19. The Bertz CT molecular complexity index is 939. The zero-order valence-electron chi connectivity index (χ0n) is 15.8. The Kier molecular flexibility index (Phi) is 4.77. The zero-order valence-corrected chi connectivity index (χ0v) is 15.8. The average molecular weight is 382 g/mol. The Balaban J connectivity index is 1.86. The van der Waals surface area contributed by atoms with Gasteiger partial charge in [0.2, 0.25) is 0 Å². The van der Waals surface area contributed by atoms with Crippen LogP contribution in [0.3, 0.4) is 0 Å². The molecule has 0 aromatic heterocycles. The van der Waals surface area contributed by atoms with E-state index in [0.717, 1.165) is 35.2 Å². The van der Waals surface area contributed by atoms with E-state index in [2.05, 4.69) is 0 Å². The first kappa shape index (κ1) is 18.4. The summed E-state index contributed by atoms with van der Waals surface area (Å²) < 4.78 is 11.0. The van der Waals surface area contributed by atoms with Gasteiger partial charge in [-0.05, 0) is 49.1 Å². The van der Waals surface area contributed by atoms with E-state index in [1.807, 2.05) is 12.1 Å². The molecule has 1 fully saturated rings. The summed E-state index contributed by atoms with van der Waals surface area (Å²) in [6.07, 6.45) is 1.85. The van der Waals surface area contributed by atoms with Crippen LogP contribution < -0.4 is 9.47 Å². The van der Waals surface area contributed by atoms with Crippen LogP contribution in [0.15, 0.2) is 41.4 Å². The van der Waals surface area contributed by atoms with Crippen LogP contribution in [0.4, 0.5) is 5.69 Å². The number of rotatable bonds is 4. The highest BCUT2D eigenvalue weighted by atomic mass is 16.6. The highest BCUT2D eigenvalue weighted by Gasteiger charge is 2.37. The molecular formula is C21H22N2O5. The lowest BCUT2D eigenvalue weighted by Gasteiger charge is -2.37. The number of fused-ring (bicyclic) bond motifs is 3. The maximum absolute atomic E-state index is 11.0. The number of hydrogen-bond donors (Lipinski definition) is 1. The van der Waals surface area contributed by atoms with Crippen molar-refractivity contribution in [3.05, 3.63) is 63.2 Å². The van der Waals surface area contributed by atoms with Crippen molar-refractivity contribution in [1.82, 2.24) is 0 Å². The molecule has 0 saturated heterocycles. The molecule has 1 heterocycles. The van der Waals surface area contributed by atoms with E-state index in [1.54, 1.807) is 26.4 Å². The molecule has 0 radical (unpaired) electrons. The van der Waals surface area contributed by atoms with Gasteiger partial charge >= 0.3 is 0 Å². The molecule has 0 spiro atoms. The van der Waals surface area contributed by atoms with Crippen LogP contribution in [-0.2, 0) is 0 Å². The van der Waals surface area contributed by atoms with Gasteiger partial charge < -0.3 is 14.6 Å². The fraction of sp³-hybridized carbons (Fsp3) is 0.381. The number of nitro groups is 1. The van der Waals surface area contributed by atoms with Gasteiger partial charge in [0.15, 0.2) is 11.5 Å². The highest BCUT2D eigenvalue weighted by molar-refractivity contribution is 6.15. The monoisotopic (exact) mass is 382 g/mol. The molecule has 146 valence electrons. The Morgan fingerprint density at radius 2 is 1.79 bits per heavy atom. The van der Waals surface area contributed by atoms with Gasteiger partial charge in [0.1, 0.15) is 0 Å². The van der Waals surface area contributed by atoms with E-state index in [0.29, 0.717) is 17.9 Å². The molecule has 3 unspecified atom stereocenters. The van der Waals surface area contributed by atoms with Crippen LogP contribution in [0.25, 0.3) is 0 Å². The maximum Gasteiger partial charge on any atom is 0.269 e. The number of nitro benzene ring substituents is 1. The molecular weight excluding hydrogens is 360 g/mol. The van der Waals surface area contributed by atoms with Gasteiger partial charge in [-0.25, -0.2) is 0 Å². The van der Waals surface area contributed by atoms with Crippen LogP contribution in [0.2, 0.25) is 0 Å². The molecule has 2 aliphatic rings. The van der Waals surface area contributed by atoms with Gasteiger partial charge in [-0.3, -0.25) is 15.1 Å². The third-order valence-electron chi connectivity index (χ3n) is 5.64. The van der Waals surface area contributed by atoms with Crippen molar-refractivity contribution >= 4 is 11.4 Å². The van der Waals surface area contributed by atoms with Crippen LogP contribution >= 0.6 is 0 Å². The van der Waals surface area contributed by atoms with Crippen molar-refractivity contribution in [1.29, 1.82) is 0 Å². The first-order valence-electron chi connectivity index (χ1n) is 9.28. The van der Waals surface area contributed by atoms with Crippen molar-refractivity contribution < 1.29 is 19.5 Å². The molecule has 28 heavy (non-hydrogen) atoms. The summed E-state index contributed by atoms with van der Waals surface area (Å²) in [4.78, 5) is 15.6. The van der Waals surface area contributed by atoms with Crippen molar-refractivity contribution in [2.75, 3.05) is 14.2 Å². The topological polar surface area (TPSA) is 94.2 Å². The van der Waals surface area contributed by atoms with Gasteiger partial charge in [0.05, 0.1) is 37.0 Å². The first-order chi connectivity index (χ1) is 13.5. The number of methoxy groups -OCH3 is 2. The summed E-state index contributed by atoms with van der Waals surface area (Å²) in [5, 5.41) is 21.2. The lowest BCUT2D eigenvalue weighted by molar-refractivity contribution is -0.384. The van der Waals surface area contributed by atoms with Gasteiger partial charge in [-0.15, -0.1) is 0 Å². The number of ether oxygens (including phenoxy) is 2. The normalized spacial score (nSPS) is 23.2. The predicted molar refractivity (Wildman–Crippen MR) is 105 cm³/mol. The Morgan fingerprint density at radius 1 is 1.11 bits per heavy atom. The van der Waals surface area contributed by atoms with Gasteiger partial charge in [-0.1, -0.05) is 0 Å². The van der Waals surface area contributed by atoms with Gasteiger partial charge in [0, 0.05) is 29.2 Å². The summed E-state index contributed by atoms with van der Waals surface area (Å²) >= 11 is 0. The number of hydrogen-bond acceptors (Lipinski definition) is 6. The smallest absolute Gasteiger partial charge is 0.269 e. The Labute approximate surface area is 162 Å². The second kappa shape index (κ2) is 7.24. The van der Waals surface area contributed by atoms with E-state index in [4.69, 9.17) is 14.5 Å². The minimum absolute atomic E-state index is 0.0476. The van der Waals surface area contributed by atoms with Crippen molar-refractivity contribution in [2.45, 2.75) is 37.3 Å². The average Bonchev–Trinajstić information content (AvgIpc) is 2.72. The molecule has 0 bridgehead atoms. The van der Waals surface area contributed by atoms with Crippen LogP contribution in [0.1, 0.15) is 41.9 Å². The number of nitrogens with zero attached hydrogens (tertiary/aromatic N) is 2. The molecule has 2 aromatic rings. The number of aliphatic hydroxyl groups is 1. The third kappa shape index (κ3) is 3.11. The molecule has 2 aromatic carbocycles. The number of aliphatic imine (C=N–C) groups is 1. The standard InChI is InChI=1S/C21H22N2O5/c1-27-19-10-15-16-9-14(24)7-8-18(16)22-21(17(15)11-20(19)28-2)12-3-5-13(6-4-12)23(25)26/h3-6,10-11,14,16,18,24H,7-9H2,1-2H3. The van der Waals surface area contributed by atoms with Crippen molar-refractivity contribution in [3.63, 3.8) is 0 Å². The lowest BCUT2D eigenvalue weighted by atomic mass is 9.74. The molecule has 7 nitrogen and oxygen atoms in total. The maximum atomic E-state index is 11.0. The SMILES string of the molecule is COc1cc2c(cc1OC)C1CC(O)CCC1N=C2c1ccc([N+](=O)[O-])cc1. The number of aliphatic hydroxyl groups excluding tert-OH is 1. The number of benzene rings is 2. The summed E-state index contributed by atoms with van der Waals surface area (Å²) in [5.41, 5.74) is 3.66. The Morgan fingerprint density at radius 3 is 2.43 bits per heavy atom. The molecule has 3 atom stereocenters. The van der Waals surface area contributed by atoms with E-state index in [9.17, 15) is 15.2 Å². The molecule has 1 aliphatic heterocycles. The predicted octanol–water partition coefficient (Wildman–Crippen LogP) is 3.46. The van der Waals surface area contributed by atoms with E-state index in [-0.39, 0.29) is 23.8 Å². The van der Waals surface area contributed by atoms with Crippen LogP contribution in [0, 0.1) is 10.1 Å². The van der Waals surface area contributed by atoms with E-state index >= 15 is 0 Å². The largest absolute Gasteiger partial charge is 0.493 e. The summed E-state index contributed by atoms with van der Waals surface area (Å²) in [6, 6.07) is 10.4. The zero-order chi connectivity index (χ0) is 19.8. The summed E-state index contributed by atoms with van der Waals surface area (Å²) in [6.45, 7) is 0. The lowest BCUT2D eigenvalue weighted by Crippen LogP contribution is -2.34. The Hall–Kier alpha value is -2.93. The molecule has 0 amide bonds. The molecule has 1 N–H and O–H groups in total. The molecule has 7 heteroatoms. The summed E-state index contributed by atoms with van der Waals surface area (Å²) in [5.74, 6) is 1.36. The minimum atomic E-state index is -0.410. The fourth-order valence-electron chi connectivity index (χ4n) is 4.23. The third-order valence-corrected chi connectivity index (χ3v) is 5.64. The van der Waals surface area contributed by atoms with Gasteiger partial charge in [-0.2, -0.15) is 0 Å². The van der Waals surface area contributed by atoms with Crippen molar-refractivity contribution in [3.8, 4) is 11.5 Å². The second-order valence-electron chi connectivity index (χ2n) is 7.22. The van der Waals surface area contributed by atoms with E-state index < -0.39 is 4.92 Å². The molecule has 4 rings (SSSR count). The first-order valence-corrected chi connectivity index (χ1v) is 9.28. The molecule has 1 saturated carbocycles. The minimum Gasteiger partial charge on any atom is -0.493 e. The molecule has 1 aliphatic carbocycles. The van der Waals surface area contributed by atoms with Crippen molar-refractivity contribution in [2.24, 2.45) is 4.99 Å².